The van der Waals surface area contributed by atoms with Gasteiger partial charge in [-0.15, -0.1) is 0 Å². The number of hydrogen-bond donors (Lipinski definition) is 0. The first-order valence-corrected chi connectivity index (χ1v) is 4.19. The molecule has 0 aliphatic heterocycles. The zero-order valence-corrected chi connectivity index (χ0v) is 8.10. The predicted octanol–water partition coefficient (Wildman–Crippen LogP) is 0.431. The number of methoxy groups -OCH3 is 1. The van der Waals surface area contributed by atoms with Crippen LogP contribution in [0.2, 0.25) is 0 Å². The maximum Gasteiger partial charge on any atom is 0.213 e. The van der Waals surface area contributed by atoms with E-state index in [0.29, 0.717) is 5.88 Å². The maximum atomic E-state index is 11.4. The summed E-state index contributed by atoms with van der Waals surface area (Å²) in [6.45, 7) is 0. The minimum atomic E-state index is -0.760. The highest BCUT2D eigenvalue weighted by molar-refractivity contribution is 6.31. The van der Waals surface area contributed by atoms with Gasteiger partial charge in [0.1, 0.15) is 5.69 Å². The summed E-state index contributed by atoms with van der Waals surface area (Å²) in [5.74, 6) is -0.963. The van der Waals surface area contributed by atoms with E-state index in [9.17, 15) is 14.4 Å². The molecule has 0 aromatic carbocycles. The molecule has 5 nitrogen and oxygen atoms in total. The molecule has 0 atom stereocenters. The van der Waals surface area contributed by atoms with Crippen LogP contribution in [0.15, 0.2) is 18.2 Å². The molecule has 0 amide bonds. The normalized spacial score (nSPS) is 9.40. The monoisotopic (exact) mass is 207 g/mol. The fourth-order valence-electron chi connectivity index (χ4n) is 0.974. The smallest absolute Gasteiger partial charge is 0.213 e. The highest BCUT2D eigenvalue weighted by Gasteiger charge is 2.12. The molecule has 5 heteroatoms. The van der Waals surface area contributed by atoms with Crippen LogP contribution in [-0.2, 0) is 9.59 Å². The quantitative estimate of drug-likeness (QED) is 0.303. The number of carbonyl (C=O) groups excluding carboxylic acids is 3. The molecule has 0 N–H and O–H groups in total. The van der Waals surface area contributed by atoms with Gasteiger partial charge in [0.2, 0.25) is 11.7 Å². The van der Waals surface area contributed by atoms with Crippen LogP contribution < -0.4 is 4.74 Å². The molecule has 1 heterocycles. The summed E-state index contributed by atoms with van der Waals surface area (Å²) < 4.78 is 4.82. The number of carbonyl (C=O) groups is 3. The van der Waals surface area contributed by atoms with Crippen molar-refractivity contribution < 1.29 is 19.1 Å². The Bertz CT molecular complexity index is 400. The van der Waals surface area contributed by atoms with E-state index in [1.807, 2.05) is 0 Å². The van der Waals surface area contributed by atoms with E-state index in [-0.39, 0.29) is 12.0 Å². The largest absolute Gasteiger partial charge is 0.481 e. The second-order valence-corrected chi connectivity index (χ2v) is 2.75. The first-order chi connectivity index (χ1) is 7.17. The fourth-order valence-corrected chi connectivity index (χ4v) is 0.974. The van der Waals surface area contributed by atoms with E-state index in [1.165, 1.54) is 13.2 Å². The number of ketones is 2. The molecule has 0 spiro atoms. The molecule has 78 valence electrons. The lowest BCUT2D eigenvalue weighted by molar-refractivity contribution is -0.129. The first kappa shape index (κ1) is 11.0. The molecular weight excluding hydrogens is 198 g/mol. The summed E-state index contributed by atoms with van der Waals surface area (Å²) in [6, 6.07) is 4.63. The maximum absolute atomic E-state index is 11.4. The standard InChI is InChI=1S/C10H9NO4/c1-15-10-4-2-3-8(11-10)9(14)5-7(13)6-12/h2-4,6H,5H2,1H3. The Kier molecular flexibility index (Phi) is 3.68. The van der Waals surface area contributed by atoms with E-state index in [4.69, 9.17) is 4.74 Å². The van der Waals surface area contributed by atoms with Gasteiger partial charge < -0.3 is 4.74 Å². The van der Waals surface area contributed by atoms with E-state index >= 15 is 0 Å². The number of nitrogens with zero attached hydrogens (tertiary/aromatic N) is 1. The Morgan fingerprint density at radius 3 is 2.80 bits per heavy atom. The predicted molar refractivity (Wildman–Crippen MR) is 50.8 cm³/mol. The number of hydrogen-bond acceptors (Lipinski definition) is 5. The Morgan fingerprint density at radius 2 is 2.20 bits per heavy atom. The van der Waals surface area contributed by atoms with Crippen LogP contribution in [0.3, 0.4) is 0 Å². The van der Waals surface area contributed by atoms with Crippen molar-refractivity contribution in [3.05, 3.63) is 23.9 Å². The molecule has 1 aromatic rings. The average molecular weight is 207 g/mol. The second-order valence-electron chi connectivity index (χ2n) is 2.75. The van der Waals surface area contributed by atoms with Crippen molar-refractivity contribution in [3.8, 4) is 5.88 Å². The molecule has 0 fully saturated rings. The summed E-state index contributed by atoms with van der Waals surface area (Å²) in [4.78, 5) is 36.0. The Hall–Kier alpha value is -2.04. The summed E-state index contributed by atoms with van der Waals surface area (Å²) in [7, 11) is 1.42. The van der Waals surface area contributed by atoms with Crippen LogP contribution in [0.25, 0.3) is 0 Å². The summed E-state index contributed by atoms with van der Waals surface area (Å²) in [5, 5.41) is 0. The van der Waals surface area contributed by atoms with Crippen LogP contribution in [0.5, 0.6) is 5.88 Å². The molecule has 1 rings (SSSR count). The van der Waals surface area contributed by atoms with Crippen molar-refractivity contribution in [2.75, 3.05) is 7.11 Å². The molecule has 0 saturated carbocycles. The van der Waals surface area contributed by atoms with Crippen LogP contribution in [0, 0.1) is 0 Å². The van der Waals surface area contributed by atoms with Crippen molar-refractivity contribution in [3.63, 3.8) is 0 Å². The molecule has 1 aromatic heterocycles. The minimum absolute atomic E-state index is 0.115. The number of pyridine rings is 1. The molecule has 15 heavy (non-hydrogen) atoms. The number of aromatic nitrogens is 1. The van der Waals surface area contributed by atoms with Crippen LogP contribution in [0.4, 0.5) is 0 Å². The van der Waals surface area contributed by atoms with Gasteiger partial charge in [0.05, 0.1) is 13.5 Å². The second kappa shape index (κ2) is 4.99. The molecular formula is C10H9NO4. The third kappa shape index (κ3) is 2.98. The lowest BCUT2D eigenvalue weighted by Gasteiger charge is -2.00. The molecule has 0 unspecified atom stereocenters. The summed E-state index contributed by atoms with van der Waals surface area (Å²) >= 11 is 0. The number of rotatable bonds is 5. The summed E-state index contributed by atoms with van der Waals surface area (Å²) in [6.07, 6.45) is -0.332. The van der Waals surface area contributed by atoms with Gasteiger partial charge in [-0.3, -0.25) is 14.4 Å². The SMILES string of the molecule is COc1cccc(C(=O)CC(=O)C=O)n1. The van der Waals surface area contributed by atoms with Gasteiger partial charge in [-0.1, -0.05) is 6.07 Å². The van der Waals surface area contributed by atoms with E-state index in [1.54, 1.807) is 12.1 Å². The Morgan fingerprint density at radius 1 is 1.47 bits per heavy atom. The van der Waals surface area contributed by atoms with Crippen molar-refractivity contribution in [2.45, 2.75) is 6.42 Å². The first-order valence-electron chi connectivity index (χ1n) is 4.19. The van der Waals surface area contributed by atoms with Crippen LogP contribution in [0.1, 0.15) is 16.9 Å². The zero-order chi connectivity index (χ0) is 11.3. The zero-order valence-electron chi connectivity index (χ0n) is 8.10. The van der Waals surface area contributed by atoms with Crippen LogP contribution >= 0.6 is 0 Å². The van der Waals surface area contributed by atoms with Gasteiger partial charge in [0, 0.05) is 6.07 Å². The van der Waals surface area contributed by atoms with Crippen molar-refractivity contribution in [1.29, 1.82) is 0 Å². The fraction of sp³-hybridized carbons (Fsp3) is 0.200. The van der Waals surface area contributed by atoms with Gasteiger partial charge in [-0.2, -0.15) is 0 Å². The third-order valence-corrected chi connectivity index (χ3v) is 1.68. The lowest BCUT2D eigenvalue weighted by Crippen LogP contribution is -2.10. The minimum Gasteiger partial charge on any atom is -0.481 e. The molecule has 0 aliphatic rings. The Labute approximate surface area is 86.1 Å². The van der Waals surface area contributed by atoms with Gasteiger partial charge >= 0.3 is 0 Å². The van der Waals surface area contributed by atoms with Gasteiger partial charge in [0.15, 0.2) is 12.1 Å². The van der Waals surface area contributed by atoms with E-state index < -0.39 is 18.0 Å². The average Bonchev–Trinajstić information content (AvgIpc) is 2.28. The van der Waals surface area contributed by atoms with Gasteiger partial charge in [0.25, 0.3) is 0 Å². The summed E-state index contributed by atoms with van der Waals surface area (Å²) in [5.41, 5.74) is 0.115. The van der Waals surface area contributed by atoms with Gasteiger partial charge in [-0.05, 0) is 6.07 Å². The lowest BCUT2D eigenvalue weighted by atomic mass is 10.1. The third-order valence-electron chi connectivity index (χ3n) is 1.68. The topological polar surface area (TPSA) is 73.3 Å². The number of aldehydes is 1. The number of ether oxygens (including phenoxy) is 1. The Balaban J connectivity index is 2.81. The van der Waals surface area contributed by atoms with Crippen molar-refractivity contribution in [2.24, 2.45) is 0 Å². The van der Waals surface area contributed by atoms with E-state index in [0.717, 1.165) is 0 Å². The highest BCUT2D eigenvalue weighted by atomic mass is 16.5. The van der Waals surface area contributed by atoms with E-state index in [2.05, 4.69) is 4.98 Å². The molecule has 0 radical (unpaired) electrons. The molecule has 0 aliphatic carbocycles. The van der Waals surface area contributed by atoms with Crippen molar-refractivity contribution in [1.82, 2.24) is 4.98 Å². The number of Topliss-reactive ketones (excluding diaryl/α,β-unsaturated/α-hetero) is 2. The van der Waals surface area contributed by atoms with Gasteiger partial charge in [-0.25, -0.2) is 4.98 Å². The molecule has 0 bridgehead atoms. The van der Waals surface area contributed by atoms with Crippen molar-refractivity contribution >= 4 is 17.9 Å². The molecule has 0 saturated heterocycles. The highest BCUT2D eigenvalue weighted by Crippen LogP contribution is 2.08. The van der Waals surface area contributed by atoms with Crippen LogP contribution in [-0.4, -0.2) is 29.9 Å².